The van der Waals surface area contributed by atoms with Gasteiger partial charge in [-0.25, -0.2) is 14.4 Å². The van der Waals surface area contributed by atoms with Crippen LogP contribution in [-0.4, -0.2) is 64.4 Å². The molecule has 0 saturated carbocycles. The minimum Gasteiger partial charge on any atom is -0.473 e. The van der Waals surface area contributed by atoms with Crippen molar-refractivity contribution in [3.63, 3.8) is 0 Å². The molecular formula is C13H22N2O6. The van der Waals surface area contributed by atoms with E-state index in [1.54, 1.807) is 0 Å². The molecule has 2 rings (SSSR count). The summed E-state index contributed by atoms with van der Waals surface area (Å²) in [7, 11) is 0. The standard InChI is InChI=1S/C11H20N2O2.C2H2O4/c1-11(2,3)15-10(14)13-5-4-8-6-12-7-9(8)13;3-1(4)2(5)6/h8-9,12H,4-7H2,1-3H3;(H,3,4)(H,5,6)/t8-,9+;/m1./s1. The Labute approximate surface area is 123 Å². The number of hydrogen-bond donors (Lipinski definition) is 3. The Hall–Kier alpha value is -1.83. The molecule has 2 saturated heterocycles. The number of ether oxygens (including phenoxy) is 1. The fraction of sp³-hybridized carbons (Fsp3) is 0.769. The van der Waals surface area contributed by atoms with Gasteiger partial charge in [0.2, 0.25) is 0 Å². The van der Waals surface area contributed by atoms with Crippen LogP contribution in [0.3, 0.4) is 0 Å². The van der Waals surface area contributed by atoms with Crippen LogP contribution >= 0.6 is 0 Å². The van der Waals surface area contributed by atoms with Gasteiger partial charge < -0.3 is 25.2 Å². The van der Waals surface area contributed by atoms with Gasteiger partial charge in [-0.15, -0.1) is 0 Å². The van der Waals surface area contributed by atoms with Crippen LogP contribution < -0.4 is 5.32 Å². The van der Waals surface area contributed by atoms with E-state index in [1.807, 2.05) is 25.7 Å². The first-order chi connectivity index (χ1) is 9.61. The van der Waals surface area contributed by atoms with Gasteiger partial charge in [0.25, 0.3) is 0 Å². The first kappa shape index (κ1) is 17.2. The number of hydrogen-bond acceptors (Lipinski definition) is 5. The van der Waals surface area contributed by atoms with Gasteiger partial charge in [0.1, 0.15) is 5.60 Å². The van der Waals surface area contributed by atoms with E-state index >= 15 is 0 Å². The lowest BCUT2D eigenvalue weighted by atomic mass is 10.1. The highest BCUT2D eigenvalue weighted by Gasteiger charge is 2.41. The molecule has 0 unspecified atom stereocenters. The Morgan fingerprint density at radius 3 is 2.19 bits per heavy atom. The number of rotatable bonds is 0. The highest BCUT2D eigenvalue weighted by molar-refractivity contribution is 6.27. The van der Waals surface area contributed by atoms with Crippen molar-refractivity contribution in [1.29, 1.82) is 0 Å². The molecule has 2 atom stereocenters. The monoisotopic (exact) mass is 302 g/mol. The Morgan fingerprint density at radius 1 is 1.14 bits per heavy atom. The van der Waals surface area contributed by atoms with Crippen molar-refractivity contribution in [3.05, 3.63) is 0 Å². The Morgan fingerprint density at radius 2 is 1.71 bits per heavy atom. The molecule has 120 valence electrons. The van der Waals surface area contributed by atoms with Gasteiger partial charge in [-0.3, -0.25) is 0 Å². The molecule has 8 nitrogen and oxygen atoms in total. The van der Waals surface area contributed by atoms with Gasteiger partial charge in [-0.05, 0) is 33.1 Å². The number of carbonyl (C=O) groups excluding carboxylic acids is 1. The molecule has 0 aromatic rings. The molecule has 0 aromatic heterocycles. The van der Waals surface area contributed by atoms with E-state index in [4.69, 9.17) is 24.5 Å². The zero-order chi connectivity index (χ0) is 16.2. The molecule has 21 heavy (non-hydrogen) atoms. The van der Waals surface area contributed by atoms with Crippen molar-refractivity contribution in [2.24, 2.45) is 5.92 Å². The first-order valence-electron chi connectivity index (χ1n) is 6.78. The number of carboxylic acid groups (broad SMARTS) is 2. The smallest absolute Gasteiger partial charge is 0.414 e. The molecule has 2 aliphatic heterocycles. The van der Waals surface area contributed by atoms with Crippen molar-refractivity contribution >= 4 is 18.0 Å². The number of carboxylic acids is 2. The minimum atomic E-state index is -1.82. The van der Waals surface area contributed by atoms with Crippen molar-refractivity contribution in [2.75, 3.05) is 19.6 Å². The van der Waals surface area contributed by atoms with Crippen molar-refractivity contribution < 1.29 is 29.3 Å². The summed E-state index contributed by atoms with van der Waals surface area (Å²) in [6, 6.07) is 0.361. The Bertz CT molecular complexity index is 405. The summed E-state index contributed by atoms with van der Waals surface area (Å²) in [5, 5.41) is 18.1. The van der Waals surface area contributed by atoms with Crippen LogP contribution in [0, 0.1) is 5.92 Å². The van der Waals surface area contributed by atoms with Gasteiger partial charge in [-0.2, -0.15) is 0 Å². The fourth-order valence-corrected chi connectivity index (χ4v) is 2.40. The van der Waals surface area contributed by atoms with Crippen molar-refractivity contribution in [2.45, 2.75) is 38.8 Å². The SMILES string of the molecule is CC(C)(C)OC(=O)N1CC[C@@H]2CNC[C@@H]21.O=C(O)C(=O)O. The van der Waals surface area contributed by atoms with E-state index in [-0.39, 0.29) is 11.7 Å². The summed E-state index contributed by atoms with van der Waals surface area (Å²) >= 11 is 0. The third-order valence-electron chi connectivity index (χ3n) is 3.26. The minimum absolute atomic E-state index is 0.154. The molecule has 0 aliphatic carbocycles. The van der Waals surface area contributed by atoms with E-state index in [0.717, 1.165) is 26.1 Å². The lowest BCUT2D eigenvalue weighted by Crippen LogP contribution is -2.42. The van der Waals surface area contributed by atoms with E-state index < -0.39 is 11.9 Å². The summed E-state index contributed by atoms with van der Waals surface area (Å²) in [5.41, 5.74) is -0.388. The molecule has 2 aliphatic rings. The van der Waals surface area contributed by atoms with Crippen LogP contribution in [0.25, 0.3) is 0 Å². The van der Waals surface area contributed by atoms with E-state index in [0.29, 0.717) is 12.0 Å². The van der Waals surface area contributed by atoms with Gasteiger partial charge in [0.05, 0.1) is 6.04 Å². The third-order valence-corrected chi connectivity index (χ3v) is 3.26. The molecule has 2 fully saturated rings. The van der Waals surface area contributed by atoms with Gasteiger partial charge in [0, 0.05) is 19.6 Å². The van der Waals surface area contributed by atoms with Gasteiger partial charge in [0.15, 0.2) is 0 Å². The number of nitrogens with zero attached hydrogens (tertiary/aromatic N) is 1. The second kappa shape index (κ2) is 6.75. The number of fused-ring (bicyclic) bond motifs is 1. The molecule has 0 spiro atoms. The van der Waals surface area contributed by atoms with Crippen LogP contribution in [-0.2, 0) is 14.3 Å². The first-order valence-corrected chi connectivity index (χ1v) is 6.78. The number of amides is 1. The highest BCUT2D eigenvalue weighted by atomic mass is 16.6. The summed E-state index contributed by atoms with van der Waals surface area (Å²) in [6.45, 7) is 8.54. The van der Waals surface area contributed by atoms with Crippen LogP contribution in [0.15, 0.2) is 0 Å². The number of carbonyl (C=O) groups is 3. The zero-order valence-electron chi connectivity index (χ0n) is 12.5. The molecule has 0 radical (unpaired) electrons. The fourth-order valence-electron chi connectivity index (χ4n) is 2.40. The molecule has 0 bridgehead atoms. The average Bonchev–Trinajstić information content (AvgIpc) is 2.87. The van der Waals surface area contributed by atoms with Crippen molar-refractivity contribution in [3.8, 4) is 0 Å². The number of likely N-dealkylation sites (tertiary alicyclic amines) is 1. The van der Waals surface area contributed by atoms with Gasteiger partial charge >= 0.3 is 18.0 Å². The van der Waals surface area contributed by atoms with Crippen molar-refractivity contribution in [1.82, 2.24) is 10.2 Å². The van der Waals surface area contributed by atoms with Crippen LogP contribution in [0.2, 0.25) is 0 Å². The second-order valence-electron chi connectivity index (χ2n) is 6.06. The molecule has 2 heterocycles. The molecule has 3 N–H and O–H groups in total. The van der Waals surface area contributed by atoms with Crippen LogP contribution in [0.5, 0.6) is 0 Å². The second-order valence-corrected chi connectivity index (χ2v) is 6.06. The molecule has 8 heteroatoms. The summed E-state index contributed by atoms with van der Waals surface area (Å²) in [5.74, 6) is -3.01. The largest absolute Gasteiger partial charge is 0.473 e. The summed E-state index contributed by atoms with van der Waals surface area (Å²) in [6.07, 6.45) is 0.954. The predicted octanol–water partition coefficient (Wildman–Crippen LogP) is 0.371. The molecule has 0 aromatic carbocycles. The van der Waals surface area contributed by atoms with E-state index in [9.17, 15) is 4.79 Å². The summed E-state index contributed by atoms with van der Waals surface area (Å²) in [4.78, 5) is 32.0. The maximum atomic E-state index is 11.9. The quantitative estimate of drug-likeness (QED) is 0.553. The third kappa shape index (κ3) is 5.22. The zero-order valence-corrected chi connectivity index (χ0v) is 12.5. The average molecular weight is 302 g/mol. The topological polar surface area (TPSA) is 116 Å². The van der Waals surface area contributed by atoms with E-state index in [2.05, 4.69) is 5.32 Å². The molecule has 1 amide bonds. The maximum Gasteiger partial charge on any atom is 0.414 e. The van der Waals surface area contributed by atoms with Crippen LogP contribution in [0.4, 0.5) is 4.79 Å². The summed E-state index contributed by atoms with van der Waals surface area (Å²) < 4.78 is 5.39. The Kier molecular flexibility index (Phi) is 5.54. The van der Waals surface area contributed by atoms with Crippen LogP contribution in [0.1, 0.15) is 27.2 Å². The normalized spacial score (nSPS) is 23.9. The maximum absolute atomic E-state index is 11.9. The number of nitrogens with one attached hydrogen (secondary N) is 1. The Balaban J connectivity index is 0.000000315. The lowest BCUT2D eigenvalue weighted by Gasteiger charge is -2.27. The lowest BCUT2D eigenvalue weighted by molar-refractivity contribution is -0.159. The predicted molar refractivity (Wildman–Crippen MR) is 73.0 cm³/mol. The van der Waals surface area contributed by atoms with E-state index in [1.165, 1.54) is 0 Å². The highest BCUT2D eigenvalue weighted by Crippen LogP contribution is 2.28. The number of aliphatic carboxylic acids is 2. The molecular weight excluding hydrogens is 280 g/mol. The van der Waals surface area contributed by atoms with Gasteiger partial charge in [-0.1, -0.05) is 0 Å².